The van der Waals surface area contributed by atoms with Gasteiger partial charge in [0.1, 0.15) is 5.82 Å². The Balaban J connectivity index is 1.59. The number of para-hydroxylation sites is 1. The standard InChI is InChI=1S/C19H21FN2O/c1-14-11-15(8-9-17(14)20)12-21-19(23)13-22-10-4-6-16-5-2-3-7-18(16)22/h2-3,5,7-9,11H,4,6,10,12-13H2,1H3,(H,21,23). The van der Waals surface area contributed by atoms with E-state index in [-0.39, 0.29) is 11.7 Å². The van der Waals surface area contributed by atoms with Crippen LogP contribution < -0.4 is 10.2 Å². The van der Waals surface area contributed by atoms with Crippen molar-refractivity contribution < 1.29 is 9.18 Å². The molecule has 4 heteroatoms. The lowest BCUT2D eigenvalue weighted by Crippen LogP contribution is -2.39. The fourth-order valence-electron chi connectivity index (χ4n) is 3.02. The van der Waals surface area contributed by atoms with Gasteiger partial charge in [-0.2, -0.15) is 0 Å². The van der Waals surface area contributed by atoms with E-state index in [9.17, 15) is 9.18 Å². The second-order valence-electron chi connectivity index (χ2n) is 6.01. The predicted octanol–water partition coefficient (Wildman–Crippen LogP) is 3.20. The van der Waals surface area contributed by atoms with E-state index in [1.54, 1.807) is 19.1 Å². The van der Waals surface area contributed by atoms with Gasteiger partial charge in [0.2, 0.25) is 5.91 Å². The van der Waals surface area contributed by atoms with Gasteiger partial charge in [-0.15, -0.1) is 0 Å². The molecule has 0 saturated carbocycles. The Morgan fingerprint density at radius 1 is 1.26 bits per heavy atom. The molecule has 2 aromatic carbocycles. The third-order valence-electron chi connectivity index (χ3n) is 4.25. The summed E-state index contributed by atoms with van der Waals surface area (Å²) >= 11 is 0. The van der Waals surface area contributed by atoms with Crippen LogP contribution in [0.2, 0.25) is 0 Å². The lowest BCUT2D eigenvalue weighted by Gasteiger charge is -2.30. The van der Waals surface area contributed by atoms with Gasteiger partial charge in [-0.05, 0) is 48.6 Å². The molecule has 0 aliphatic carbocycles. The topological polar surface area (TPSA) is 32.3 Å². The van der Waals surface area contributed by atoms with E-state index in [0.717, 1.165) is 30.6 Å². The molecule has 23 heavy (non-hydrogen) atoms. The van der Waals surface area contributed by atoms with Crippen LogP contribution in [0.25, 0.3) is 0 Å². The highest BCUT2D eigenvalue weighted by Gasteiger charge is 2.18. The molecular formula is C19H21FN2O. The Kier molecular flexibility index (Phi) is 4.60. The van der Waals surface area contributed by atoms with Crippen molar-refractivity contribution in [2.45, 2.75) is 26.3 Å². The summed E-state index contributed by atoms with van der Waals surface area (Å²) in [5.41, 5.74) is 3.98. The van der Waals surface area contributed by atoms with Gasteiger partial charge >= 0.3 is 0 Å². The minimum atomic E-state index is -0.218. The molecule has 3 rings (SSSR count). The molecule has 1 aliphatic rings. The number of nitrogens with zero attached hydrogens (tertiary/aromatic N) is 1. The molecule has 0 fully saturated rings. The number of rotatable bonds is 4. The highest BCUT2D eigenvalue weighted by molar-refractivity contribution is 5.81. The SMILES string of the molecule is Cc1cc(CNC(=O)CN2CCCc3ccccc32)ccc1F. The molecule has 1 aliphatic heterocycles. The van der Waals surface area contributed by atoms with Gasteiger partial charge < -0.3 is 10.2 Å². The van der Waals surface area contributed by atoms with Crippen molar-refractivity contribution in [1.82, 2.24) is 5.32 Å². The summed E-state index contributed by atoms with van der Waals surface area (Å²) in [6.45, 7) is 3.41. The average molecular weight is 312 g/mol. The van der Waals surface area contributed by atoms with E-state index in [4.69, 9.17) is 0 Å². The van der Waals surface area contributed by atoms with E-state index in [1.807, 2.05) is 12.1 Å². The monoisotopic (exact) mass is 312 g/mol. The van der Waals surface area contributed by atoms with Crippen LogP contribution in [0.4, 0.5) is 10.1 Å². The Labute approximate surface area is 136 Å². The fraction of sp³-hybridized carbons (Fsp3) is 0.316. The van der Waals surface area contributed by atoms with Crippen LogP contribution in [0.3, 0.4) is 0 Å². The van der Waals surface area contributed by atoms with Crippen LogP contribution in [0, 0.1) is 12.7 Å². The molecule has 0 unspecified atom stereocenters. The van der Waals surface area contributed by atoms with Gasteiger partial charge in [0.05, 0.1) is 6.54 Å². The van der Waals surface area contributed by atoms with Crippen molar-refractivity contribution in [3.63, 3.8) is 0 Å². The quantitative estimate of drug-likeness (QED) is 0.940. The molecule has 0 saturated heterocycles. The number of anilines is 1. The second-order valence-corrected chi connectivity index (χ2v) is 6.01. The first-order valence-electron chi connectivity index (χ1n) is 7.98. The molecule has 0 atom stereocenters. The smallest absolute Gasteiger partial charge is 0.239 e. The largest absolute Gasteiger partial charge is 0.362 e. The molecule has 0 radical (unpaired) electrons. The van der Waals surface area contributed by atoms with Crippen LogP contribution >= 0.6 is 0 Å². The number of carbonyl (C=O) groups excluding carboxylic acids is 1. The van der Waals surface area contributed by atoms with E-state index in [2.05, 4.69) is 22.3 Å². The Morgan fingerprint density at radius 2 is 2.09 bits per heavy atom. The first-order chi connectivity index (χ1) is 11.1. The molecule has 1 N–H and O–H groups in total. The third kappa shape index (κ3) is 3.70. The molecule has 0 spiro atoms. The summed E-state index contributed by atoms with van der Waals surface area (Å²) in [5, 5.41) is 2.92. The summed E-state index contributed by atoms with van der Waals surface area (Å²) in [5.74, 6) is -0.228. The van der Waals surface area contributed by atoms with Crippen molar-refractivity contribution >= 4 is 11.6 Å². The molecule has 2 aromatic rings. The van der Waals surface area contributed by atoms with Crippen LogP contribution in [0.15, 0.2) is 42.5 Å². The number of amides is 1. The first kappa shape index (κ1) is 15.5. The molecule has 0 aromatic heterocycles. The zero-order valence-electron chi connectivity index (χ0n) is 13.3. The van der Waals surface area contributed by atoms with Crippen molar-refractivity contribution in [3.05, 3.63) is 65.0 Å². The van der Waals surface area contributed by atoms with Crippen LogP contribution in [-0.4, -0.2) is 19.0 Å². The average Bonchev–Trinajstić information content (AvgIpc) is 2.56. The highest BCUT2D eigenvalue weighted by Crippen LogP contribution is 2.26. The molecule has 0 bridgehead atoms. The van der Waals surface area contributed by atoms with Crippen LogP contribution in [0.5, 0.6) is 0 Å². The number of hydrogen-bond donors (Lipinski definition) is 1. The van der Waals surface area contributed by atoms with Gasteiger partial charge in [-0.25, -0.2) is 4.39 Å². The third-order valence-corrected chi connectivity index (χ3v) is 4.25. The summed E-state index contributed by atoms with van der Waals surface area (Å²) < 4.78 is 13.3. The van der Waals surface area contributed by atoms with Crippen LogP contribution in [-0.2, 0) is 17.8 Å². The molecule has 1 amide bonds. The normalized spacial score (nSPS) is 13.6. The van der Waals surface area contributed by atoms with Crippen molar-refractivity contribution in [3.8, 4) is 0 Å². The summed E-state index contributed by atoms with van der Waals surface area (Å²) in [6, 6.07) is 13.2. The molecule has 1 heterocycles. The summed E-state index contributed by atoms with van der Waals surface area (Å²) in [6.07, 6.45) is 2.14. The number of fused-ring (bicyclic) bond motifs is 1. The Hall–Kier alpha value is -2.36. The summed E-state index contributed by atoms with van der Waals surface area (Å²) in [7, 11) is 0. The predicted molar refractivity (Wildman–Crippen MR) is 90.0 cm³/mol. The molecule has 120 valence electrons. The van der Waals surface area contributed by atoms with E-state index >= 15 is 0 Å². The van der Waals surface area contributed by atoms with Gasteiger partial charge in [-0.1, -0.05) is 30.3 Å². The van der Waals surface area contributed by atoms with Gasteiger partial charge in [0.15, 0.2) is 0 Å². The second kappa shape index (κ2) is 6.82. The maximum atomic E-state index is 13.3. The van der Waals surface area contributed by atoms with E-state index in [1.165, 1.54) is 11.6 Å². The number of carbonyl (C=O) groups is 1. The summed E-state index contributed by atoms with van der Waals surface area (Å²) in [4.78, 5) is 14.3. The first-order valence-corrected chi connectivity index (χ1v) is 7.98. The minimum absolute atomic E-state index is 0.0105. The van der Waals surface area contributed by atoms with Gasteiger partial charge in [0.25, 0.3) is 0 Å². The van der Waals surface area contributed by atoms with Crippen molar-refractivity contribution in [2.75, 3.05) is 18.0 Å². The van der Waals surface area contributed by atoms with Gasteiger partial charge in [0, 0.05) is 18.8 Å². The lowest BCUT2D eigenvalue weighted by atomic mass is 10.0. The number of aryl methyl sites for hydroxylation is 2. The van der Waals surface area contributed by atoms with E-state index < -0.39 is 0 Å². The lowest BCUT2D eigenvalue weighted by molar-refractivity contribution is -0.119. The Morgan fingerprint density at radius 3 is 2.91 bits per heavy atom. The Bertz CT molecular complexity index is 714. The molecule has 3 nitrogen and oxygen atoms in total. The molecular weight excluding hydrogens is 291 g/mol. The maximum absolute atomic E-state index is 13.3. The fourth-order valence-corrected chi connectivity index (χ4v) is 3.02. The zero-order valence-corrected chi connectivity index (χ0v) is 13.3. The highest BCUT2D eigenvalue weighted by atomic mass is 19.1. The van der Waals surface area contributed by atoms with Crippen LogP contribution in [0.1, 0.15) is 23.1 Å². The number of benzene rings is 2. The van der Waals surface area contributed by atoms with Crippen molar-refractivity contribution in [1.29, 1.82) is 0 Å². The number of hydrogen-bond acceptors (Lipinski definition) is 2. The van der Waals surface area contributed by atoms with Crippen molar-refractivity contribution in [2.24, 2.45) is 0 Å². The minimum Gasteiger partial charge on any atom is -0.362 e. The number of halogens is 1. The maximum Gasteiger partial charge on any atom is 0.239 e. The zero-order chi connectivity index (χ0) is 16.2. The number of nitrogens with one attached hydrogen (secondary N) is 1. The van der Waals surface area contributed by atoms with Gasteiger partial charge in [-0.3, -0.25) is 4.79 Å². The van der Waals surface area contributed by atoms with E-state index in [0.29, 0.717) is 18.7 Å².